The molecule has 0 bridgehead atoms. The molecule has 1 aromatic heterocycles. The molecule has 1 aliphatic rings. The fraction of sp³-hybridized carbons (Fsp3) is 0.769. The van der Waals surface area contributed by atoms with E-state index in [1.165, 1.54) is 38.5 Å². The summed E-state index contributed by atoms with van der Waals surface area (Å²) in [5.74, 6) is 1.04. The van der Waals surface area contributed by atoms with Crippen LogP contribution < -0.4 is 5.32 Å². The first-order chi connectivity index (χ1) is 7.95. The zero-order valence-corrected chi connectivity index (χ0v) is 10.1. The third-order valence-corrected chi connectivity index (χ3v) is 3.52. The Labute approximate surface area is 98.2 Å². The van der Waals surface area contributed by atoms with Crippen molar-refractivity contribution in [3.63, 3.8) is 0 Å². The van der Waals surface area contributed by atoms with Crippen molar-refractivity contribution in [1.29, 1.82) is 0 Å². The van der Waals surface area contributed by atoms with E-state index in [4.69, 9.17) is 0 Å². The molecule has 1 aromatic rings. The van der Waals surface area contributed by atoms with Gasteiger partial charge in [0, 0.05) is 18.9 Å². The molecule has 0 radical (unpaired) electrons. The first kappa shape index (κ1) is 11.6. The van der Waals surface area contributed by atoms with Gasteiger partial charge in [-0.25, -0.2) is 0 Å². The van der Waals surface area contributed by atoms with Crippen LogP contribution in [0, 0.1) is 5.92 Å². The van der Waals surface area contributed by atoms with Crippen LogP contribution in [-0.2, 0) is 6.54 Å². The van der Waals surface area contributed by atoms with Crippen LogP contribution in [0.1, 0.15) is 38.5 Å². The second kappa shape index (κ2) is 6.69. The van der Waals surface area contributed by atoms with E-state index in [1.807, 2.05) is 23.1 Å². The molecule has 0 aromatic carbocycles. The first-order valence-corrected chi connectivity index (χ1v) is 6.63. The van der Waals surface area contributed by atoms with E-state index in [0.717, 1.165) is 25.6 Å². The third kappa shape index (κ3) is 3.97. The maximum atomic E-state index is 4.17. The van der Waals surface area contributed by atoms with Crippen LogP contribution in [0.3, 0.4) is 0 Å². The van der Waals surface area contributed by atoms with Crippen molar-refractivity contribution in [1.82, 2.24) is 15.1 Å². The van der Waals surface area contributed by atoms with Crippen LogP contribution in [0.2, 0.25) is 0 Å². The Morgan fingerprint density at radius 1 is 1.25 bits per heavy atom. The normalized spacial score (nSPS) is 17.0. The van der Waals surface area contributed by atoms with Gasteiger partial charge in [-0.2, -0.15) is 5.10 Å². The molecule has 16 heavy (non-hydrogen) atoms. The van der Waals surface area contributed by atoms with Crippen LogP contribution >= 0.6 is 0 Å². The van der Waals surface area contributed by atoms with Gasteiger partial charge in [-0.05, 0) is 31.4 Å². The predicted molar refractivity (Wildman–Crippen MR) is 66.3 cm³/mol. The standard InChI is InChI=1S/C13H23N3/c1-2-6-13(5-1)7-3-8-14-10-12-16-11-4-9-15-16/h4,9,11,13-14H,1-3,5-8,10,12H2. The molecule has 2 rings (SSSR count). The lowest BCUT2D eigenvalue weighted by molar-refractivity contribution is 0.463. The highest BCUT2D eigenvalue weighted by Gasteiger charge is 2.13. The summed E-state index contributed by atoms with van der Waals surface area (Å²) in [5.41, 5.74) is 0. The lowest BCUT2D eigenvalue weighted by Gasteiger charge is -2.09. The van der Waals surface area contributed by atoms with E-state index in [1.54, 1.807) is 0 Å². The van der Waals surface area contributed by atoms with Crippen molar-refractivity contribution in [2.24, 2.45) is 5.92 Å². The van der Waals surface area contributed by atoms with Crippen molar-refractivity contribution >= 4 is 0 Å². The molecule has 3 nitrogen and oxygen atoms in total. The maximum absolute atomic E-state index is 4.17. The fourth-order valence-electron chi connectivity index (χ4n) is 2.57. The molecule has 0 atom stereocenters. The average molecular weight is 221 g/mol. The number of aromatic nitrogens is 2. The van der Waals surface area contributed by atoms with Crippen molar-refractivity contribution in [3.8, 4) is 0 Å². The summed E-state index contributed by atoms with van der Waals surface area (Å²) >= 11 is 0. The van der Waals surface area contributed by atoms with Crippen molar-refractivity contribution in [3.05, 3.63) is 18.5 Å². The summed E-state index contributed by atoms with van der Waals surface area (Å²) in [6, 6.07) is 1.97. The first-order valence-electron chi connectivity index (χ1n) is 6.63. The molecule has 1 heterocycles. The lowest BCUT2D eigenvalue weighted by atomic mass is 10.0. The highest BCUT2D eigenvalue weighted by Crippen LogP contribution is 2.28. The van der Waals surface area contributed by atoms with Gasteiger partial charge in [-0.15, -0.1) is 0 Å². The maximum Gasteiger partial charge on any atom is 0.0533 e. The minimum absolute atomic E-state index is 0.983. The molecule has 0 aliphatic heterocycles. The van der Waals surface area contributed by atoms with Gasteiger partial charge in [0.2, 0.25) is 0 Å². The zero-order valence-electron chi connectivity index (χ0n) is 10.1. The predicted octanol–water partition coefficient (Wildman–Crippen LogP) is 2.44. The Morgan fingerprint density at radius 3 is 2.88 bits per heavy atom. The van der Waals surface area contributed by atoms with Crippen molar-refractivity contribution < 1.29 is 0 Å². The Kier molecular flexibility index (Phi) is 4.87. The molecule has 1 aliphatic carbocycles. The van der Waals surface area contributed by atoms with E-state index < -0.39 is 0 Å². The molecular weight excluding hydrogens is 198 g/mol. The number of rotatable bonds is 7. The molecule has 0 amide bonds. The molecule has 1 saturated carbocycles. The topological polar surface area (TPSA) is 29.9 Å². The van der Waals surface area contributed by atoms with E-state index >= 15 is 0 Å². The summed E-state index contributed by atoms with van der Waals surface area (Å²) in [6.07, 6.45) is 12.5. The van der Waals surface area contributed by atoms with Gasteiger partial charge in [0.05, 0.1) is 6.54 Å². The Hall–Kier alpha value is -0.830. The number of nitrogens with one attached hydrogen (secondary N) is 1. The third-order valence-electron chi connectivity index (χ3n) is 3.52. The number of hydrogen-bond acceptors (Lipinski definition) is 2. The van der Waals surface area contributed by atoms with Crippen LogP contribution in [0.25, 0.3) is 0 Å². The van der Waals surface area contributed by atoms with Gasteiger partial charge in [0.15, 0.2) is 0 Å². The fourth-order valence-corrected chi connectivity index (χ4v) is 2.57. The molecular formula is C13H23N3. The second-order valence-corrected chi connectivity index (χ2v) is 4.81. The summed E-state index contributed by atoms with van der Waals surface area (Å²) in [5, 5.41) is 7.66. The summed E-state index contributed by atoms with van der Waals surface area (Å²) < 4.78 is 1.98. The highest BCUT2D eigenvalue weighted by atomic mass is 15.3. The molecule has 3 heteroatoms. The van der Waals surface area contributed by atoms with Crippen LogP contribution in [0.15, 0.2) is 18.5 Å². The van der Waals surface area contributed by atoms with Gasteiger partial charge < -0.3 is 5.32 Å². The number of hydrogen-bond donors (Lipinski definition) is 1. The van der Waals surface area contributed by atoms with Crippen molar-refractivity contribution in [2.45, 2.75) is 45.1 Å². The summed E-state index contributed by atoms with van der Waals surface area (Å²) in [4.78, 5) is 0. The SMILES string of the molecule is c1cnn(CCNCCCC2CCCC2)c1. The van der Waals surface area contributed by atoms with Gasteiger partial charge in [0.25, 0.3) is 0 Å². The second-order valence-electron chi connectivity index (χ2n) is 4.81. The van der Waals surface area contributed by atoms with E-state index in [-0.39, 0.29) is 0 Å². The molecule has 0 unspecified atom stereocenters. The minimum Gasteiger partial charge on any atom is -0.315 e. The van der Waals surface area contributed by atoms with Gasteiger partial charge in [0.1, 0.15) is 0 Å². The molecule has 1 fully saturated rings. The smallest absolute Gasteiger partial charge is 0.0533 e. The summed E-state index contributed by atoms with van der Waals surface area (Å²) in [6.45, 7) is 3.18. The van der Waals surface area contributed by atoms with Gasteiger partial charge in [-0.3, -0.25) is 4.68 Å². The Balaban J connectivity index is 1.43. The number of nitrogens with zero attached hydrogens (tertiary/aromatic N) is 2. The lowest BCUT2D eigenvalue weighted by Crippen LogP contribution is -2.21. The largest absolute Gasteiger partial charge is 0.315 e. The average Bonchev–Trinajstić information content (AvgIpc) is 2.96. The van der Waals surface area contributed by atoms with Gasteiger partial charge >= 0.3 is 0 Å². The monoisotopic (exact) mass is 221 g/mol. The Bertz CT molecular complexity index is 263. The quantitative estimate of drug-likeness (QED) is 0.717. The van der Waals surface area contributed by atoms with Gasteiger partial charge in [-0.1, -0.05) is 25.7 Å². The molecule has 1 N–H and O–H groups in total. The van der Waals surface area contributed by atoms with Crippen LogP contribution in [0.5, 0.6) is 0 Å². The van der Waals surface area contributed by atoms with E-state index in [9.17, 15) is 0 Å². The molecule has 0 saturated heterocycles. The van der Waals surface area contributed by atoms with Crippen molar-refractivity contribution in [2.75, 3.05) is 13.1 Å². The molecule has 0 spiro atoms. The van der Waals surface area contributed by atoms with Crippen LogP contribution in [0.4, 0.5) is 0 Å². The Morgan fingerprint density at radius 2 is 2.12 bits per heavy atom. The van der Waals surface area contributed by atoms with E-state index in [0.29, 0.717) is 0 Å². The minimum atomic E-state index is 0.983. The highest BCUT2D eigenvalue weighted by molar-refractivity contribution is 4.77. The zero-order chi connectivity index (χ0) is 11.1. The van der Waals surface area contributed by atoms with E-state index in [2.05, 4.69) is 10.4 Å². The van der Waals surface area contributed by atoms with Crippen LogP contribution in [-0.4, -0.2) is 22.9 Å². The summed E-state index contributed by atoms with van der Waals surface area (Å²) in [7, 11) is 0. The molecule has 90 valence electrons.